The Morgan fingerprint density at radius 2 is 2.24 bits per heavy atom. The van der Waals surface area contributed by atoms with Gasteiger partial charge < -0.3 is 10.6 Å². The number of aromatic nitrogens is 3. The lowest BCUT2D eigenvalue weighted by Crippen LogP contribution is -2.15. The Kier molecular flexibility index (Phi) is 3.60. The van der Waals surface area contributed by atoms with E-state index in [9.17, 15) is 4.79 Å². The SMILES string of the molecule is CC(C)c1nc(C(=O)Nc2ccc3c(c2)CCCN3)n[nH]1. The molecule has 0 atom stereocenters. The van der Waals surface area contributed by atoms with E-state index in [0.29, 0.717) is 0 Å². The summed E-state index contributed by atoms with van der Waals surface area (Å²) in [5.41, 5.74) is 3.16. The van der Waals surface area contributed by atoms with Gasteiger partial charge in [0, 0.05) is 23.8 Å². The predicted molar refractivity (Wildman–Crippen MR) is 81.7 cm³/mol. The maximum atomic E-state index is 12.1. The van der Waals surface area contributed by atoms with E-state index >= 15 is 0 Å². The summed E-state index contributed by atoms with van der Waals surface area (Å²) in [5, 5.41) is 12.9. The van der Waals surface area contributed by atoms with E-state index < -0.39 is 0 Å². The van der Waals surface area contributed by atoms with Crippen molar-refractivity contribution in [1.29, 1.82) is 0 Å². The van der Waals surface area contributed by atoms with Crippen molar-refractivity contribution in [2.75, 3.05) is 17.2 Å². The van der Waals surface area contributed by atoms with Crippen molar-refractivity contribution < 1.29 is 4.79 Å². The van der Waals surface area contributed by atoms with E-state index in [1.54, 1.807) is 0 Å². The Hall–Kier alpha value is -2.37. The highest BCUT2D eigenvalue weighted by Crippen LogP contribution is 2.25. The molecule has 1 aromatic carbocycles. The van der Waals surface area contributed by atoms with Crippen LogP contribution in [0, 0.1) is 0 Å². The first kappa shape index (κ1) is 13.6. The number of aromatic amines is 1. The van der Waals surface area contributed by atoms with Crippen molar-refractivity contribution >= 4 is 17.3 Å². The number of aryl methyl sites for hydroxylation is 1. The second-order valence-corrected chi connectivity index (χ2v) is 5.56. The van der Waals surface area contributed by atoms with Crippen LogP contribution in [0.2, 0.25) is 0 Å². The van der Waals surface area contributed by atoms with Crippen LogP contribution in [-0.2, 0) is 6.42 Å². The van der Waals surface area contributed by atoms with E-state index in [-0.39, 0.29) is 17.6 Å². The van der Waals surface area contributed by atoms with Crippen LogP contribution < -0.4 is 10.6 Å². The number of carbonyl (C=O) groups is 1. The van der Waals surface area contributed by atoms with Crippen LogP contribution >= 0.6 is 0 Å². The Morgan fingerprint density at radius 3 is 3.00 bits per heavy atom. The normalized spacial score (nSPS) is 13.7. The third-order valence-corrected chi connectivity index (χ3v) is 3.55. The number of benzene rings is 1. The van der Waals surface area contributed by atoms with E-state index in [0.717, 1.165) is 36.6 Å². The van der Waals surface area contributed by atoms with Gasteiger partial charge in [0.1, 0.15) is 5.82 Å². The third kappa shape index (κ3) is 2.89. The summed E-state index contributed by atoms with van der Waals surface area (Å²) in [6, 6.07) is 5.90. The molecule has 1 aliphatic rings. The van der Waals surface area contributed by atoms with Gasteiger partial charge >= 0.3 is 0 Å². The fraction of sp³-hybridized carbons (Fsp3) is 0.400. The van der Waals surface area contributed by atoms with Gasteiger partial charge in [-0.05, 0) is 36.6 Å². The fourth-order valence-electron chi connectivity index (χ4n) is 2.37. The van der Waals surface area contributed by atoms with Gasteiger partial charge in [0.15, 0.2) is 0 Å². The first-order chi connectivity index (χ1) is 10.1. The molecule has 0 unspecified atom stereocenters. The van der Waals surface area contributed by atoms with E-state index in [2.05, 4.69) is 25.8 Å². The molecule has 1 aromatic heterocycles. The summed E-state index contributed by atoms with van der Waals surface area (Å²) in [7, 11) is 0. The first-order valence-electron chi connectivity index (χ1n) is 7.24. The monoisotopic (exact) mass is 285 g/mol. The lowest BCUT2D eigenvalue weighted by Gasteiger charge is -2.18. The van der Waals surface area contributed by atoms with Crippen LogP contribution in [0.15, 0.2) is 18.2 Å². The molecule has 0 bridgehead atoms. The molecule has 1 aliphatic heterocycles. The van der Waals surface area contributed by atoms with Crippen LogP contribution in [-0.4, -0.2) is 27.6 Å². The zero-order valence-electron chi connectivity index (χ0n) is 12.2. The Morgan fingerprint density at radius 1 is 1.38 bits per heavy atom. The van der Waals surface area contributed by atoms with Gasteiger partial charge in [-0.15, -0.1) is 5.10 Å². The molecule has 0 saturated carbocycles. The smallest absolute Gasteiger partial charge is 0.295 e. The fourth-order valence-corrected chi connectivity index (χ4v) is 2.37. The van der Waals surface area contributed by atoms with Crippen LogP contribution in [0.3, 0.4) is 0 Å². The molecule has 6 heteroatoms. The number of hydrogen-bond acceptors (Lipinski definition) is 4. The topological polar surface area (TPSA) is 82.7 Å². The molecule has 2 aromatic rings. The van der Waals surface area contributed by atoms with Gasteiger partial charge in [-0.1, -0.05) is 13.8 Å². The predicted octanol–water partition coefficient (Wildman–Crippen LogP) is 2.54. The molecule has 0 saturated heterocycles. The second kappa shape index (κ2) is 5.55. The van der Waals surface area contributed by atoms with Gasteiger partial charge in [0.05, 0.1) is 0 Å². The van der Waals surface area contributed by atoms with Crippen molar-refractivity contribution in [3.05, 3.63) is 35.4 Å². The third-order valence-electron chi connectivity index (χ3n) is 3.55. The molecule has 1 amide bonds. The molecule has 3 N–H and O–H groups in total. The standard InChI is InChI=1S/C15H19N5O/c1-9(2)13-18-14(20-19-13)15(21)17-11-5-6-12-10(8-11)4-3-7-16-12/h5-6,8-9,16H,3-4,7H2,1-2H3,(H,17,21)(H,18,19,20). The lowest BCUT2D eigenvalue weighted by atomic mass is 10.0. The molecule has 3 rings (SSSR count). The molecule has 0 fully saturated rings. The van der Waals surface area contributed by atoms with E-state index in [1.807, 2.05) is 32.0 Å². The largest absolute Gasteiger partial charge is 0.385 e. The van der Waals surface area contributed by atoms with Crippen LogP contribution in [0.5, 0.6) is 0 Å². The minimum absolute atomic E-state index is 0.176. The van der Waals surface area contributed by atoms with Crippen molar-refractivity contribution in [1.82, 2.24) is 15.2 Å². The maximum absolute atomic E-state index is 12.1. The summed E-state index contributed by atoms with van der Waals surface area (Å²) >= 11 is 0. The highest BCUT2D eigenvalue weighted by Gasteiger charge is 2.15. The second-order valence-electron chi connectivity index (χ2n) is 5.56. The molecular formula is C15H19N5O. The Balaban J connectivity index is 1.74. The summed E-state index contributed by atoms with van der Waals surface area (Å²) in [6.07, 6.45) is 2.15. The molecule has 0 spiro atoms. The number of rotatable bonds is 3. The number of nitrogens with zero attached hydrogens (tertiary/aromatic N) is 2. The minimum atomic E-state index is -0.290. The van der Waals surface area contributed by atoms with Gasteiger partial charge in [-0.3, -0.25) is 9.89 Å². The molecule has 2 heterocycles. The van der Waals surface area contributed by atoms with Gasteiger partial charge in [-0.2, -0.15) is 0 Å². The lowest BCUT2D eigenvalue weighted by molar-refractivity contribution is 0.101. The maximum Gasteiger partial charge on any atom is 0.295 e. The number of hydrogen-bond donors (Lipinski definition) is 3. The number of fused-ring (bicyclic) bond motifs is 1. The number of anilines is 2. The number of amides is 1. The zero-order chi connectivity index (χ0) is 14.8. The summed E-state index contributed by atoms with van der Waals surface area (Å²) in [4.78, 5) is 16.3. The average Bonchev–Trinajstić information content (AvgIpc) is 2.97. The van der Waals surface area contributed by atoms with Crippen LogP contribution in [0.25, 0.3) is 0 Å². The van der Waals surface area contributed by atoms with Gasteiger partial charge in [0.2, 0.25) is 5.82 Å². The molecule has 21 heavy (non-hydrogen) atoms. The molecular weight excluding hydrogens is 266 g/mol. The molecule has 0 aliphatic carbocycles. The molecule has 110 valence electrons. The molecule has 0 radical (unpaired) electrons. The summed E-state index contributed by atoms with van der Waals surface area (Å²) < 4.78 is 0. The number of H-pyrrole nitrogens is 1. The van der Waals surface area contributed by atoms with E-state index in [1.165, 1.54) is 5.56 Å². The summed E-state index contributed by atoms with van der Waals surface area (Å²) in [5.74, 6) is 0.820. The van der Waals surface area contributed by atoms with Crippen LogP contribution in [0.1, 0.15) is 48.2 Å². The van der Waals surface area contributed by atoms with Crippen molar-refractivity contribution in [2.24, 2.45) is 0 Å². The van der Waals surface area contributed by atoms with Crippen molar-refractivity contribution in [3.63, 3.8) is 0 Å². The van der Waals surface area contributed by atoms with Crippen molar-refractivity contribution in [3.8, 4) is 0 Å². The van der Waals surface area contributed by atoms with E-state index in [4.69, 9.17) is 0 Å². The minimum Gasteiger partial charge on any atom is -0.385 e. The van der Waals surface area contributed by atoms with Gasteiger partial charge in [0.25, 0.3) is 5.91 Å². The summed E-state index contributed by atoms with van der Waals surface area (Å²) in [6.45, 7) is 5.01. The Labute approximate surface area is 123 Å². The first-order valence-corrected chi connectivity index (χ1v) is 7.24. The van der Waals surface area contributed by atoms with Gasteiger partial charge in [-0.25, -0.2) is 4.98 Å². The zero-order valence-corrected chi connectivity index (χ0v) is 12.2. The Bertz CT molecular complexity index is 662. The molecule has 6 nitrogen and oxygen atoms in total. The highest BCUT2D eigenvalue weighted by molar-refractivity contribution is 6.01. The number of nitrogens with one attached hydrogen (secondary N) is 3. The van der Waals surface area contributed by atoms with Crippen LogP contribution in [0.4, 0.5) is 11.4 Å². The van der Waals surface area contributed by atoms with Crippen molar-refractivity contribution in [2.45, 2.75) is 32.6 Å². The quantitative estimate of drug-likeness (QED) is 0.809. The average molecular weight is 285 g/mol. The number of carbonyl (C=O) groups excluding carboxylic acids is 1. The highest BCUT2D eigenvalue weighted by atomic mass is 16.2.